The van der Waals surface area contributed by atoms with E-state index in [1.807, 2.05) is 25.1 Å². The van der Waals surface area contributed by atoms with Gasteiger partial charge in [-0.25, -0.2) is 0 Å². The Kier molecular flexibility index (Phi) is 4.73. The van der Waals surface area contributed by atoms with Gasteiger partial charge in [0, 0.05) is 0 Å². The summed E-state index contributed by atoms with van der Waals surface area (Å²) < 4.78 is 6.45. The smallest absolute Gasteiger partial charge is 0.139 e. The van der Waals surface area contributed by atoms with Crippen LogP contribution in [0, 0.1) is 0 Å². The summed E-state index contributed by atoms with van der Waals surface area (Å²) in [6, 6.07) is 7.41. The first-order chi connectivity index (χ1) is 8.63. The van der Waals surface area contributed by atoms with Crippen molar-refractivity contribution in [1.29, 1.82) is 0 Å². The van der Waals surface area contributed by atoms with Crippen LogP contribution in [0.15, 0.2) is 39.4 Å². The van der Waals surface area contributed by atoms with Gasteiger partial charge in [0.05, 0.1) is 26.8 Å². The van der Waals surface area contributed by atoms with Gasteiger partial charge in [0.25, 0.3) is 0 Å². The molecule has 18 heavy (non-hydrogen) atoms. The van der Waals surface area contributed by atoms with Crippen LogP contribution in [-0.4, -0.2) is 6.54 Å². The number of rotatable bonds is 4. The summed E-state index contributed by atoms with van der Waals surface area (Å²) in [6.45, 7) is 2.86. The summed E-state index contributed by atoms with van der Waals surface area (Å²) in [5.74, 6) is 0.829. The fourth-order valence-electron chi connectivity index (χ4n) is 1.77. The van der Waals surface area contributed by atoms with Crippen molar-refractivity contribution in [2.45, 2.75) is 13.0 Å². The zero-order valence-electron chi connectivity index (χ0n) is 9.71. The van der Waals surface area contributed by atoms with E-state index < -0.39 is 0 Å². The van der Waals surface area contributed by atoms with E-state index in [4.69, 9.17) is 27.6 Å². The Hall–Kier alpha value is -0.480. The van der Waals surface area contributed by atoms with E-state index in [1.54, 1.807) is 12.3 Å². The van der Waals surface area contributed by atoms with Crippen molar-refractivity contribution in [2.24, 2.45) is 0 Å². The molecule has 0 saturated carbocycles. The molecule has 5 heteroatoms. The molecule has 1 aromatic carbocycles. The van der Waals surface area contributed by atoms with Gasteiger partial charge in [0.2, 0.25) is 0 Å². The molecule has 0 saturated heterocycles. The summed E-state index contributed by atoms with van der Waals surface area (Å²) in [6.07, 6.45) is 1.65. The van der Waals surface area contributed by atoms with Crippen LogP contribution in [0.3, 0.4) is 0 Å². The lowest BCUT2D eigenvalue weighted by Gasteiger charge is -2.17. The van der Waals surface area contributed by atoms with Crippen LogP contribution in [0.25, 0.3) is 0 Å². The Morgan fingerprint density at radius 2 is 2.06 bits per heavy atom. The molecule has 1 aromatic heterocycles. The lowest BCUT2D eigenvalue weighted by Crippen LogP contribution is -2.21. The molecule has 1 unspecified atom stereocenters. The van der Waals surface area contributed by atoms with Crippen LogP contribution in [0.1, 0.15) is 24.3 Å². The quantitative estimate of drug-likeness (QED) is 0.836. The molecule has 0 radical (unpaired) electrons. The summed E-state index contributed by atoms with van der Waals surface area (Å²) in [5, 5.41) is 4.45. The maximum Gasteiger partial charge on any atom is 0.139 e. The normalized spacial score (nSPS) is 12.7. The molecule has 1 heterocycles. The first-order valence-corrected chi connectivity index (χ1v) is 7.09. The highest BCUT2D eigenvalue weighted by molar-refractivity contribution is 9.10. The van der Waals surface area contributed by atoms with E-state index in [2.05, 4.69) is 21.2 Å². The number of benzene rings is 1. The van der Waals surface area contributed by atoms with Crippen molar-refractivity contribution in [3.63, 3.8) is 0 Å². The van der Waals surface area contributed by atoms with Crippen molar-refractivity contribution in [3.05, 3.63) is 56.4 Å². The highest BCUT2D eigenvalue weighted by atomic mass is 79.9. The third-order valence-corrected chi connectivity index (χ3v) is 3.99. The molecule has 2 nitrogen and oxygen atoms in total. The zero-order chi connectivity index (χ0) is 13.1. The minimum absolute atomic E-state index is 0.0471. The van der Waals surface area contributed by atoms with E-state index in [-0.39, 0.29) is 6.04 Å². The molecule has 0 aliphatic carbocycles. The Balaban J connectivity index is 2.41. The van der Waals surface area contributed by atoms with Gasteiger partial charge in [-0.05, 0) is 46.2 Å². The summed E-state index contributed by atoms with van der Waals surface area (Å²) in [5.41, 5.74) is 1.02. The Morgan fingerprint density at radius 1 is 1.28 bits per heavy atom. The van der Waals surface area contributed by atoms with Crippen molar-refractivity contribution in [1.82, 2.24) is 5.32 Å². The third-order valence-electron chi connectivity index (χ3n) is 2.59. The van der Waals surface area contributed by atoms with Crippen LogP contribution in [-0.2, 0) is 0 Å². The molecule has 0 aliphatic rings. The molecule has 0 spiro atoms. The van der Waals surface area contributed by atoms with Gasteiger partial charge in [-0.3, -0.25) is 0 Å². The van der Waals surface area contributed by atoms with E-state index >= 15 is 0 Å². The fourth-order valence-corrected chi connectivity index (χ4v) is 2.51. The van der Waals surface area contributed by atoms with Gasteiger partial charge in [-0.1, -0.05) is 36.2 Å². The highest BCUT2D eigenvalue weighted by Gasteiger charge is 2.19. The standard InChI is InChI=1S/C13H12BrCl2NO/c1-2-17-12(13-9(14)5-6-18-13)8-3-4-10(15)11(16)7-8/h3-7,12,17H,2H2,1H3. The van der Waals surface area contributed by atoms with E-state index in [0.29, 0.717) is 10.0 Å². The van der Waals surface area contributed by atoms with Crippen LogP contribution in [0.5, 0.6) is 0 Å². The predicted octanol–water partition coefficient (Wildman–Crippen LogP) is 5.05. The van der Waals surface area contributed by atoms with E-state index in [1.165, 1.54) is 0 Å². The molecule has 1 atom stereocenters. The van der Waals surface area contributed by atoms with Crippen LogP contribution < -0.4 is 5.32 Å². The molecule has 0 aliphatic heterocycles. The van der Waals surface area contributed by atoms with Gasteiger partial charge in [0.1, 0.15) is 5.76 Å². The summed E-state index contributed by atoms with van der Waals surface area (Å²) in [4.78, 5) is 0. The molecular weight excluding hydrogens is 337 g/mol. The first-order valence-electron chi connectivity index (χ1n) is 5.54. The van der Waals surface area contributed by atoms with Crippen LogP contribution in [0.4, 0.5) is 0 Å². The first kappa shape index (κ1) is 13.9. The molecule has 2 aromatic rings. The maximum absolute atomic E-state index is 6.06. The van der Waals surface area contributed by atoms with Gasteiger partial charge in [-0.15, -0.1) is 0 Å². The Labute approximate surface area is 124 Å². The molecule has 1 N–H and O–H groups in total. The SMILES string of the molecule is CCNC(c1ccc(Cl)c(Cl)c1)c1occc1Br. The van der Waals surface area contributed by atoms with E-state index in [9.17, 15) is 0 Å². The zero-order valence-corrected chi connectivity index (χ0v) is 12.8. The Morgan fingerprint density at radius 3 is 2.61 bits per heavy atom. The number of hydrogen-bond donors (Lipinski definition) is 1. The van der Waals surface area contributed by atoms with Crippen molar-refractivity contribution < 1.29 is 4.42 Å². The number of furan rings is 1. The lowest BCUT2D eigenvalue weighted by atomic mass is 10.0. The average Bonchev–Trinajstić information content (AvgIpc) is 2.76. The van der Waals surface area contributed by atoms with Crippen molar-refractivity contribution >= 4 is 39.1 Å². The lowest BCUT2D eigenvalue weighted by molar-refractivity contribution is 0.450. The maximum atomic E-state index is 6.06. The highest BCUT2D eigenvalue weighted by Crippen LogP contribution is 2.32. The minimum atomic E-state index is -0.0471. The molecule has 0 bridgehead atoms. The molecule has 0 amide bonds. The van der Waals surface area contributed by atoms with Gasteiger partial charge in [-0.2, -0.15) is 0 Å². The second-order valence-corrected chi connectivity index (χ2v) is 5.47. The van der Waals surface area contributed by atoms with Crippen LogP contribution >= 0.6 is 39.1 Å². The second-order valence-electron chi connectivity index (χ2n) is 3.80. The number of hydrogen-bond acceptors (Lipinski definition) is 2. The molecule has 0 fully saturated rings. The topological polar surface area (TPSA) is 25.2 Å². The van der Waals surface area contributed by atoms with E-state index in [0.717, 1.165) is 22.3 Å². The average molecular weight is 349 g/mol. The second kappa shape index (κ2) is 6.11. The summed E-state index contributed by atoms with van der Waals surface area (Å²) in [7, 11) is 0. The monoisotopic (exact) mass is 347 g/mol. The van der Waals surface area contributed by atoms with Gasteiger partial charge >= 0.3 is 0 Å². The van der Waals surface area contributed by atoms with Crippen LogP contribution in [0.2, 0.25) is 10.0 Å². The predicted molar refractivity (Wildman–Crippen MR) is 78.4 cm³/mol. The van der Waals surface area contributed by atoms with Crippen molar-refractivity contribution in [3.8, 4) is 0 Å². The van der Waals surface area contributed by atoms with Crippen molar-refractivity contribution in [2.75, 3.05) is 6.54 Å². The Bertz CT molecular complexity index is 542. The van der Waals surface area contributed by atoms with Gasteiger partial charge < -0.3 is 9.73 Å². The third kappa shape index (κ3) is 2.91. The largest absolute Gasteiger partial charge is 0.466 e. The fraction of sp³-hybridized carbons (Fsp3) is 0.231. The van der Waals surface area contributed by atoms with Gasteiger partial charge in [0.15, 0.2) is 0 Å². The molecule has 96 valence electrons. The number of halogens is 3. The molecule has 2 rings (SSSR count). The number of nitrogens with one attached hydrogen (secondary N) is 1. The minimum Gasteiger partial charge on any atom is -0.466 e. The summed E-state index contributed by atoms with van der Waals surface area (Å²) >= 11 is 15.5. The molecular formula is C13H12BrCl2NO.